The molecular weight excluding hydrogens is 734 g/mol. The van der Waals surface area contributed by atoms with E-state index in [0.717, 1.165) is 83.5 Å². The number of allylic oxidation sites excluding steroid dienone is 12. The monoisotopic (exact) mass is 820 g/mol. The smallest absolute Gasteiger partial charge is 0.306 e. The quantitative estimate of drug-likeness (QED) is 0.0199. The number of hydrogen-bond acceptors (Lipinski definition) is 7. The molecule has 8 nitrogen and oxygen atoms in total. The molecule has 0 radical (unpaired) electrons. The zero-order valence-corrected chi connectivity index (χ0v) is 38.2. The molecule has 0 N–H and O–H groups in total. The third-order valence-electron chi connectivity index (χ3n) is 9.27. The SMILES string of the molecule is CC/C=C\C/C=C\C/C=C\C/C=C\C/C=C\C/C=C\CCCCCCCOCC(COP(=O)([O-])OCC[N+](C)(C)C)OC(=O)CCCCCCCCCCCCC. The van der Waals surface area contributed by atoms with Crippen molar-refractivity contribution in [3.8, 4) is 0 Å². The van der Waals surface area contributed by atoms with Crippen molar-refractivity contribution in [1.29, 1.82) is 0 Å². The first-order valence-electron chi connectivity index (χ1n) is 22.7. The van der Waals surface area contributed by atoms with Gasteiger partial charge in [0.1, 0.15) is 19.3 Å². The van der Waals surface area contributed by atoms with Gasteiger partial charge in [0, 0.05) is 13.0 Å². The van der Waals surface area contributed by atoms with Crippen LogP contribution >= 0.6 is 7.82 Å². The average Bonchev–Trinajstić information content (AvgIpc) is 3.16. The highest BCUT2D eigenvalue weighted by Crippen LogP contribution is 2.38. The molecule has 0 aliphatic heterocycles. The maximum atomic E-state index is 12.6. The Morgan fingerprint density at radius 1 is 0.561 bits per heavy atom. The van der Waals surface area contributed by atoms with Crippen molar-refractivity contribution in [2.24, 2.45) is 0 Å². The summed E-state index contributed by atoms with van der Waals surface area (Å²) in [6, 6.07) is 0. The average molecular weight is 820 g/mol. The van der Waals surface area contributed by atoms with Crippen LogP contribution in [0, 0.1) is 0 Å². The summed E-state index contributed by atoms with van der Waals surface area (Å²) in [5.41, 5.74) is 0. The number of unbranched alkanes of at least 4 members (excludes halogenated alkanes) is 15. The van der Waals surface area contributed by atoms with Gasteiger partial charge in [-0.05, 0) is 64.2 Å². The van der Waals surface area contributed by atoms with E-state index in [1.54, 1.807) is 0 Å². The van der Waals surface area contributed by atoms with Gasteiger partial charge >= 0.3 is 5.97 Å². The number of esters is 1. The molecule has 2 atom stereocenters. The minimum atomic E-state index is -4.53. The van der Waals surface area contributed by atoms with Crippen molar-refractivity contribution in [2.75, 3.05) is 54.1 Å². The number of carbonyl (C=O) groups is 1. The minimum absolute atomic E-state index is 0.0193. The lowest BCUT2D eigenvalue weighted by atomic mass is 10.1. The van der Waals surface area contributed by atoms with E-state index in [0.29, 0.717) is 24.1 Å². The van der Waals surface area contributed by atoms with Gasteiger partial charge in [0.15, 0.2) is 0 Å². The number of hydrogen-bond donors (Lipinski definition) is 0. The van der Waals surface area contributed by atoms with Gasteiger partial charge in [-0.2, -0.15) is 0 Å². The number of nitrogens with zero attached hydrogens (tertiary/aromatic N) is 1. The maximum Gasteiger partial charge on any atom is 0.306 e. The van der Waals surface area contributed by atoms with E-state index in [1.165, 1.54) is 64.2 Å². The number of phosphoric acid groups is 1. The van der Waals surface area contributed by atoms with E-state index in [9.17, 15) is 14.3 Å². The third-order valence-corrected chi connectivity index (χ3v) is 10.2. The number of likely N-dealkylation sites (N-methyl/N-ethyl adjacent to an activating group) is 1. The van der Waals surface area contributed by atoms with Gasteiger partial charge < -0.3 is 27.9 Å². The second kappa shape index (κ2) is 40.7. The molecule has 0 saturated heterocycles. The predicted molar refractivity (Wildman–Crippen MR) is 240 cm³/mol. The Bertz CT molecular complexity index is 1140. The number of quaternary nitrogens is 1. The van der Waals surface area contributed by atoms with Gasteiger partial charge in [0.2, 0.25) is 0 Å². The summed E-state index contributed by atoms with van der Waals surface area (Å²) < 4.78 is 34.5. The standard InChI is InChI=1S/C48H86NO7P/c1-6-8-10-12-14-16-18-19-20-21-22-23-24-25-26-27-28-29-30-32-34-36-38-40-43-53-45-47(46-55-57(51,52)54-44-42-49(3,4)5)56-48(50)41-39-37-35-33-31-17-15-13-11-9-7-2/h8,10,14,16,19-20,22-23,25-26,28-29,47H,6-7,9,11-13,15,17-18,21,24,27,30-46H2,1-5H3/b10-8-,16-14-,20-19-,23-22-,26-25-,29-28-. The molecule has 0 saturated carbocycles. The molecule has 0 rings (SSSR count). The first-order valence-corrected chi connectivity index (χ1v) is 24.1. The van der Waals surface area contributed by atoms with E-state index in [-0.39, 0.29) is 25.8 Å². The molecule has 0 aromatic heterocycles. The minimum Gasteiger partial charge on any atom is -0.756 e. The molecule has 0 aliphatic rings. The molecule has 0 heterocycles. The zero-order valence-electron chi connectivity index (χ0n) is 37.3. The Labute approximate surface area is 351 Å². The Kier molecular flexibility index (Phi) is 39.2. The second-order valence-electron chi connectivity index (χ2n) is 16.0. The van der Waals surface area contributed by atoms with E-state index < -0.39 is 13.9 Å². The van der Waals surface area contributed by atoms with Gasteiger partial charge in [0.05, 0.1) is 34.4 Å². The van der Waals surface area contributed by atoms with Crippen molar-refractivity contribution in [3.63, 3.8) is 0 Å². The molecule has 0 aromatic carbocycles. The van der Waals surface area contributed by atoms with Gasteiger partial charge in [-0.15, -0.1) is 0 Å². The fourth-order valence-electron chi connectivity index (χ4n) is 5.78. The maximum absolute atomic E-state index is 12.6. The van der Waals surface area contributed by atoms with Crippen LogP contribution < -0.4 is 4.89 Å². The molecule has 0 amide bonds. The lowest BCUT2D eigenvalue weighted by Crippen LogP contribution is -2.37. The summed E-state index contributed by atoms with van der Waals surface area (Å²) in [6.45, 7) is 5.23. The number of phosphoric ester groups is 1. The van der Waals surface area contributed by atoms with Crippen molar-refractivity contribution in [1.82, 2.24) is 0 Å². The van der Waals surface area contributed by atoms with E-state index in [4.69, 9.17) is 18.5 Å². The largest absolute Gasteiger partial charge is 0.756 e. The number of ether oxygens (including phenoxy) is 2. The molecule has 0 aromatic rings. The first-order chi connectivity index (χ1) is 27.6. The van der Waals surface area contributed by atoms with Crippen molar-refractivity contribution in [3.05, 3.63) is 72.9 Å². The predicted octanol–water partition coefficient (Wildman–Crippen LogP) is 12.9. The highest BCUT2D eigenvalue weighted by atomic mass is 31.2. The van der Waals surface area contributed by atoms with Crippen LogP contribution in [0.5, 0.6) is 0 Å². The Morgan fingerprint density at radius 3 is 1.53 bits per heavy atom. The van der Waals surface area contributed by atoms with Crippen LogP contribution in [0.15, 0.2) is 72.9 Å². The Morgan fingerprint density at radius 2 is 1.02 bits per heavy atom. The summed E-state index contributed by atoms with van der Waals surface area (Å²) in [5, 5.41) is 0. The lowest BCUT2D eigenvalue weighted by molar-refractivity contribution is -0.870. The summed E-state index contributed by atoms with van der Waals surface area (Å²) in [5.74, 6) is -0.346. The molecule has 0 bridgehead atoms. The highest BCUT2D eigenvalue weighted by Gasteiger charge is 2.20. The molecular formula is C48H86NO7P. The summed E-state index contributed by atoms with van der Waals surface area (Å²) in [4.78, 5) is 25.0. The first kappa shape index (κ1) is 54.9. The van der Waals surface area contributed by atoms with Crippen LogP contribution in [-0.2, 0) is 27.9 Å². The van der Waals surface area contributed by atoms with Gasteiger partial charge in [0.25, 0.3) is 7.82 Å². The van der Waals surface area contributed by atoms with Gasteiger partial charge in [-0.25, -0.2) is 0 Å². The fourth-order valence-corrected chi connectivity index (χ4v) is 6.51. The molecule has 0 spiro atoms. The van der Waals surface area contributed by atoms with E-state index in [1.807, 2.05) is 21.1 Å². The highest BCUT2D eigenvalue weighted by molar-refractivity contribution is 7.45. The Hall–Kier alpha value is -2.06. The van der Waals surface area contributed by atoms with Crippen molar-refractivity contribution in [2.45, 2.75) is 174 Å². The Balaban J connectivity index is 4.21. The summed E-state index contributed by atoms with van der Waals surface area (Å²) in [7, 11) is 1.33. The second-order valence-corrected chi connectivity index (χ2v) is 17.4. The lowest BCUT2D eigenvalue weighted by Gasteiger charge is -2.28. The molecule has 0 fully saturated rings. The van der Waals surface area contributed by atoms with E-state index in [2.05, 4.69) is 86.8 Å². The normalized spacial score (nSPS) is 14.4. The van der Waals surface area contributed by atoms with Crippen LogP contribution in [0.2, 0.25) is 0 Å². The molecule has 2 unspecified atom stereocenters. The number of rotatable bonds is 41. The van der Waals surface area contributed by atoms with Crippen LogP contribution in [0.4, 0.5) is 0 Å². The van der Waals surface area contributed by atoms with E-state index >= 15 is 0 Å². The topological polar surface area (TPSA) is 94.1 Å². The third kappa shape index (κ3) is 44.9. The van der Waals surface area contributed by atoms with Crippen molar-refractivity contribution < 1.29 is 37.3 Å². The van der Waals surface area contributed by atoms with Crippen LogP contribution in [0.3, 0.4) is 0 Å². The van der Waals surface area contributed by atoms with Crippen LogP contribution in [-0.4, -0.2) is 70.7 Å². The fraction of sp³-hybridized carbons (Fsp3) is 0.729. The molecule has 330 valence electrons. The molecule has 57 heavy (non-hydrogen) atoms. The van der Waals surface area contributed by atoms with Gasteiger partial charge in [-0.1, -0.05) is 170 Å². The summed E-state index contributed by atoms with van der Waals surface area (Å²) >= 11 is 0. The summed E-state index contributed by atoms with van der Waals surface area (Å²) in [6.07, 6.45) is 52.0. The molecule has 0 aliphatic carbocycles. The molecule has 9 heteroatoms. The van der Waals surface area contributed by atoms with Crippen molar-refractivity contribution >= 4 is 13.8 Å². The number of carbonyl (C=O) groups excluding carboxylic acids is 1. The van der Waals surface area contributed by atoms with Crippen LogP contribution in [0.25, 0.3) is 0 Å². The van der Waals surface area contributed by atoms with Gasteiger partial charge in [-0.3, -0.25) is 9.36 Å². The van der Waals surface area contributed by atoms with Crippen LogP contribution in [0.1, 0.15) is 168 Å². The zero-order chi connectivity index (χ0) is 42.0.